The molecule has 0 aliphatic carbocycles. The highest BCUT2D eigenvalue weighted by Crippen LogP contribution is 2.26. The molecule has 0 amide bonds. The van der Waals surface area contributed by atoms with Gasteiger partial charge < -0.3 is 10.0 Å². The lowest BCUT2D eigenvalue weighted by Gasteiger charge is -2.25. The fraction of sp³-hybridized carbons (Fsp3) is 0.571. The monoisotopic (exact) mass is 326 g/mol. The van der Waals surface area contributed by atoms with E-state index in [1.165, 1.54) is 0 Å². The van der Waals surface area contributed by atoms with E-state index in [0.29, 0.717) is 24.3 Å². The van der Waals surface area contributed by atoms with E-state index in [-0.39, 0.29) is 6.10 Å². The van der Waals surface area contributed by atoms with Crippen LogP contribution in [-0.4, -0.2) is 64.2 Å². The summed E-state index contributed by atoms with van der Waals surface area (Å²) in [6.45, 7) is 2.22. The number of β-amino-alcohol motifs (C(OH)–C–C–N with tert-alkyl or cyclic N) is 1. The van der Waals surface area contributed by atoms with Crippen LogP contribution in [0.25, 0.3) is 10.2 Å². The van der Waals surface area contributed by atoms with Crippen LogP contribution in [0.4, 0.5) is 0 Å². The van der Waals surface area contributed by atoms with Crippen molar-refractivity contribution in [1.29, 1.82) is 0 Å². The van der Waals surface area contributed by atoms with Crippen LogP contribution in [0.2, 0.25) is 5.15 Å². The van der Waals surface area contributed by atoms with Crippen molar-refractivity contribution in [2.45, 2.75) is 25.1 Å². The number of likely N-dealkylation sites (tertiary alicyclic amines) is 1. The maximum absolute atomic E-state index is 9.93. The Morgan fingerprint density at radius 2 is 2.29 bits per heavy atom. The smallest absolute Gasteiger partial charge is 0.145 e. The van der Waals surface area contributed by atoms with Gasteiger partial charge in [0.15, 0.2) is 0 Å². The van der Waals surface area contributed by atoms with E-state index in [1.807, 2.05) is 25.5 Å². The lowest BCUT2D eigenvalue weighted by Crippen LogP contribution is -2.37. The highest BCUT2D eigenvalue weighted by atomic mass is 35.5. The molecule has 1 fully saturated rings. The summed E-state index contributed by atoms with van der Waals surface area (Å²) >= 11 is 7.79. The van der Waals surface area contributed by atoms with E-state index in [4.69, 9.17) is 11.6 Å². The largest absolute Gasteiger partial charge is 0.392 e. The normalized spacial score (nSPS) is 23.5. The summed E-state index contributed by atoms with van der Waals surface area (Å²) in [7, 11) is 4.10. The second kappa shape index (κ2) is 6.14. The van der Waals surface area contributed by atoms with Gasteiger partial charge in [-0.1, -0.05) is 11.6 Å². The van der Waals surface area contributed by atoms with E-state index >= 15 is 0 Å². The third-order valence-corrected chi connectivity index (χ3v) is 4.85. The Hall–Kier alpha value is -0.790. The minimum atomic E-state index is -0.268. The summed E-state index contributed by atoms with van der Waals surface area (Å²) in [5.74, 6) is 0.729. The molecular weight excluding hydrogens is 308 g/mol. The molecule has 2 atom stereocenters. The fourth-order valence-electron chi connectivity index (χ4n) is 2.88. The molecule has 1 saturated heterocycles. The SMILES string of the molecule is CN(C)CC1CC(O)CN1Cc1nc(Cl)c2ccsc2n1. The molecule has 2 aromatic rings. The third kappa shape index (κ3) is 3.35. The molecule has 114 valence electrons. The molecule has 7 heteroatoms. The summed E-state index contributed by atoms with van der Waals surface area (Å²) < 4.78 is 0. The number of aromatic nitrogens is 2. The zero-order chi connectivity index (χ0) is 15.0. The zero-order valence-electron chi connectivity index (χ0n) is 12.2. The number of hydrogen-bond acceptors (Lipinski definition) is 6. The van der Waals surface area contributed by atoms with Crippen molar-refractivity contribution in [3.63, 3.8) is 0 Å². The fourth-order valence-corrected chi connectivity index (χ4v) is 3.96. The molecular formula is C14H19ClN4OS. The molecule has 1 aliphatic heterocycles. The zero-order valence-corrected chi connectivity index (χ0v) is 13.7. The number of halogens is 1. The van der Waals surface area contributed by atoms with Crippen molar-refractivity contribution in [1.82, 2.24) is 19.8 Å². The number of thiophene rings is 1. The number of nitrogens with zero attached hydrogens (tertiary/aromatic N) is 4. The molecule has 3 rings (SSSR count). The van der Waals surface area contributed by atoms with Crippen LogP contribution in [0.3, 0.4) is 0 Å². The molecule has 0 aromatic carbocycles. The Morgan fingerprint density at radius 1 is 1.48 bits per heavy atom. The first-order chi connectivity index (χ1) is 10.0. The summed E-state index contributed by atoms with van der Waals surface area (Å²) in [4.78, 5) is 14.3. The van der Waals surface area contributed by atoms with Crippen molar-refractivity contribution in [3.05, 3.63) is 22.4 Å². The second-order valence-corrected chi connectivity index (χ2v) is 7.06. The molecule has 2 aromatic heterocycles. The molecule has 21 heavy (non-hydrogen) atoms. The first kappa shape index (κ1) is 15.1. The van der Waals surface area contributed by atoms with Crippen LogP contribution >= 0.6 is 22.9 Å². The van der Waals surface area contributed by atoms with Crippen LogP contribution in [0.5, 0.6) is 0 Å². The van der Waals surface area contributed by atoms with Crippen molar-refractivity contribution < 1.29 is 5.11 Å². The predicted molar refractivity (Wildman–Crippen MR) is 85.8 cm³/mol. The molecule has 2 unspecified atom stereocenters. The molecule has 1 N–H and O–H groups in total. The third-order valence-electron chi connectivity index (χ3n) is 3.75. The molecule has 1 aliphatic rings. The number of aliphatic hydroxyl groups excluding tert-OH is 1. The highest BCUT2D eigenvalue weighted by molar-refractivity contribution is 7.16. The molecule has 5 nitrogen and oxygen atoms in total. The Kier molecular flexibility index (Phi) is 4.42. The average molecular weight is 327 g/mol. The minimum Gasteiger partial charge on any atom is -0.392 e. The number of aliphatic hydroxyl groups is 1. The highest BCUT2D eigenvalue weighted by Gasteiger charge is 2.31. The van der Waals surface area contributed by atoms with Gasteiger partial charge in [-0.05, 0) is 32.0 Å². The van der Waals surface area contributed by atoms with Gasteiger partial charge in [-0.2, -0.15) is 0 Å². The first-order valence-corrected chi connectivity index (χ1v) is 8.25. The van der Waals surface area contributed by atoms with Crippen molar-refractivity contribution in [3.8, 4) is 0 Å². The maximum atomic E-state index is 9.93. The first-order valence-electron chi connectivity index (χ1n) is 6.99. The van der Waals surface area contributed by atoms with Gasteiger partial charge in [0, 0.05) is 24.5 Å². The van der Waals surface area contributed by atoms with Crippen LogP contribution in [0.1, 0.15) is 12.2 Å². The Labute approximate surface area is 133 Å². The van der Waals surface area contributed by atoms with Gasteiger partial charge >= 0.3 is 0 Å². The summed E-state index contributed by atoms with van der Waals surface area (Å²) in [6, 6.07) is 2.28. The standard InChI is InChI=1S/C14H19ClN4OS/c1-18(2)6-9-5-10(20)7-19(9)8-12-16-13(15)11-3-4-21-14(11)17-12/h3-4,9-10,20H,5-8H2,1-2H3. The van der Waals surface area contributed by atoms with Crippen molar-refractivity contribution in [2.24, 2.45) is 0 Å². The molecule has 3 heterocycles. The number of fused-ring (bicyclic) bond motifs is 1. The average Bonchev–Trinajstić information content (AvgIpc) is 2.96. The Balaban J connectivity index is 1.79. The van der Waals surface area contributed by atoms with E-state index in [9.17, 15) is 5.11 Å². The quantitative estimate of drug-likeness (QED) is 0.869. The number of hydrogen-bond donors (Lipinski definition) is 1. The predicted octanol–water partition coefficient (Wildman–Crippen LogP) is 1.84. The molecule has 0 spiro atoms. The summed E-state index contributed by atoms with van der Waals surface area (Å²) in [5.41, 5.74) is 0. The number of likely N-dealkylation sites (N-methyl/N-ethyl adjacent to an activating group) is 1. The topological polar surface area (TPSA) is 52.5 Å². The van der Waals surface area contributed by atoms with E-state index in [2.05, 4.69) is 19.8 Å². The molecule has 0 bridgehead atoms. The van der Waals surface area contributed by atoms with Crippen LogP contribution < -0.4 is 0 Å². The molecule has 0 radical (unpaired) electrons. The number of rotatable bonds is 4. The van der Waals surface area contributed by atoms with E-state index in [0.717, 1.165) is 29.0 Å². The van der Waals surface area contributed by atoms with Gasteiger partial charge in [0.1, 0.15) is 15.8 Å². The maximum Gasteiger partial charge on any atom is 0.145 e. The lowest BCUT2D eigenvalue weighted by molar-refractivity contribution is 0.167. The van der Waals surface area contributed by atoms with Crippen LogP contribution in [0.15, 0.2) is 11.4 Å². The van der Waals surface area contributed by atoms with Gasteiger partial charge in [-0.25, -0.2) is 9.97 Å². The van der Waals surface area contributed by atoms with Crippen molar-refractivity contribution in [2.75, 3.05) is 27.2 Å². The van der Waals surface area contributed by atoms with Crippen LogP contribution in [-0.2, 0) is 6.54 Å². The van der Waals surface area contributed by atoms with E-state index in [1.54, 1.807) is 11.3 Å². The van der Waals surface area contributed by atoms with Gasteiger partial charge in [0.05, 0.1) is 12.6 Å². The Bertz CT molecular complexity index is 632. The lowest BCUT2D eigenvalue weighted by atomic mass is 10.2. The minimum absolute atomic E-state index is 0.268. The second-order valence-electron chi connectivity index (χ2n) is 5.81. The van der Waals surface area contributed by atoms with E-state index < -0.39 is 0 Å². The van der Waals surface area contributed by atoms with Gasteiger partial charge in [0.25, 0.3) is 0 Å². The molecule has 0 saturated carbocycles. The Morgan fingerprint density at radius 3 is 3.05 bits per heavy atom. The summed E-state index contributed by atoms with van der Waals surface area (Å²) in [6.07, 6.45) is 0.531. The van der Waals surface area contributed by atoms with Gasteiger partial charge in [-0.15, -0.1) is 11.3 Å². The van der Waals surface area contributed by atoms with Gasteiger partial charge in [-0.3, -0.25) is 4.90 Å². The van der Waals surface area contributed by atoms with Gasteiger partial charge in [0.2, 0.25) is 0 Å². The summed E-state index contributed by atoms with van der Waals surface area (Å²) in [5, 5.41) is 13.3. The van der Waals surface area contributed by atoms with Crippen molar-refractivity contribution >= 4 is 33.2 Å². The van der Waals surface area contributed by atoms with Crippen LogP contribution in [0, 0.1) is 0 Å².